The number of ether oxygens (including phenoxy) is 1. The van der Waals surface area contributed by atoms with E-state index in [-0.39, 0.29) is 12.8 Å². The van der Waals surface area contributed by atoms with Gasteiger partial charge in [-0.05, 0) is 58.1 Å². The molecule has 0 aliphatic heterocycles. The lowest BCUT2D eigenvalue weighted by molar-refractivity contribution is 0.223. The van der Waals surface area contributed by atoms with Crippen molar-refractivity contribution < 1.29 is 9.53 Å². The molecule has 0 radical (unpaired) electrons. The number of amides is 2. The van der Waals surface area contributed by atoms with Crippen molar-refractivity contribution in [1.82, 2.24) is 15.5 Å². The molecule has 112 valence electrons. The summed E-state index contributed by atoms with van der Waals surface area (Å²) >= 11 is 0. The zero-order valence-electron chi connectivity index (χ0n) is 12.8. The summed E-state index contributed by atoms with van der Waals surface area (Å²) in [6, 6.07) is 5.68. The van der Waals surface area contributed by atoms with Crippen molar-refractivity contribution in [3.05, 3.63) is 29.3 Å². The molecule has 2 N–H and O–H groups in total. The van der Waals surface area contributed by atoms with Crippen LogP contribution in [0.25, 0.3) is 0 Å². The first-order chi connectivity index (χ1) is 9.50. The lowest BCUT2D eigenvalue weighted by Gasteiger charge is -2.13. The van der Waals surface area contributed by atoms with Gasteiger partial charge in [0.15, 0.2) is 6.73 Å². The molecule has 0 saturated carbocycles. The Morgan fingerprint density at radius 2 is 2.00 bits per heavy atom. The minimum absolute atomic E-state index is 0.170. The molecule has 5 heteroatoms. The highest BCUT2D eigenvalue weighted by atomic mass is 16.5. The highest BCUT2D eigenvalue weighted by molar-refractivity contribution is 5.73. The maximum atomic E-state index is 11.5. The fraction of sp³-hybridized carbons (Fsp3) is 0.533. The maximum Gasteiger partial charge on any atom is 0.317 e. The van der Waals surface area contributed by atoms with E-state index in [1.54, 1.807) is 0 Å². The Labute approximate surface area is 121 Å². The summed E-state index contributed by atoms with van der Waals surface area (Å²) < 4.78 is 5.55. The highest BCUT2D eigenvalue weighted by Crippen LogP contribution is 2.19. The molecular weight excluding hydrogens is 254 g/mol. The van der Waals surface area contributed by atoms with Crippen LogP contribution in [0.4, 0.5) is 4.79 Å². The Kier molecular flexibility index (Phi) is 6.87. The van der Waals surface area contributed by atoms with Gasteiger partial charge in [0.25, 0.3) is 0 Å². The fourth-order valence-electron chi connectivity index (χ4n) is 1.72. The number of hydrogen-bond donors (Lipinski definition) is 2. The lowest BCUT2D eigenvalue weighted by Crippen LogP contribution is -2.38. The van der Waals surface area contributed by atoms with Crippen molar-refractivity contribution in [2.45, 2.75) is 20.3 Å². The summed E-state index contributed by atoms with van der Waals surface area (Å²) in [4.78, 5) is 13.6. The normalized spacial score (nSPS) is 10.4. The number of benzene rings is 1. The van der Waals surface area contributed by atoms with Crippen LogP contribution in [-0.2, 0) is 0 Å². The van der Waals surface area contributed by atoms with Crippen molar-refractivity contribution in [2.75, 3.05) is 33.9 Å². The smallest absolute Gasteiger partial charge is 0.317 e. The second-order valence-corrected chi connectivity index (χ2v) is 5.08. The molecule has 0 fully saturated rings. The van der Waals surface area contributed by atoms with E-state index in [1.807, 2.05) is 46.1 Å². The molecule has 0 heterocycles. The van der Waals surface area contributed by atoms with Gasteiger partial charge in [-0.25, -0.2) is 4.79 Å². The molecule has 0 spiro atoms. The number of urea groups is 1. The number of nitrogens with one attached hydrogen (secondary N) is 2. The van der Waals surface area contributed by atoms with Crippen LogP contribution < -0.4 is 15.4 Å². The third-order valence-electron chi connectivity index (χ3n) is 3.08. The summed E-state index contributed by atoms with van der Waals surface area (Å²) in [7, 11) is 4.02. The van der Waals surface area contributed by atoms with Crippen molar-refractivity contribution in [3.63, 3.8) is 0 Å². The van der Waals surface area contributed by atoms with Gasteiger partial charge in [-0.1, -0.05) is 12.1 Å². The van der Waals surface area contributed by atoms with Crippen LogP contribution in [0.2, 0.25) is 0 Å². The third-order valence-corrected chi connectivity index (χ3v) is 3.08. The summed E-state index contributed by atoms with van der Waals surface area (Å²) in [5.74, 6) is 0.804. The molecule has 1 aromatic carbocycles. The second-order valence-electron chi connectivity index (χ2n) is 5.08. The molecule has 0 aliphatic carbocycles. The molecule has 1 rings (SSSR count). The standard InChI is InChI=1S/C15H25N3O2/c1-12-7-5-8-14(13(12)2)20-11-17-15(19)16-9-6-10-18(3)4/h5,7-8H,6,9-11H2,1-4H3,(H2,16,17,19). The first-order valence-corrected chi connectivity index (χ1v) is 6.86. The lowest BCUT2D eigenvalue weighted by atomic mass is 10.1. The van der Waals surface area contributed by atoms with Crippen LogP contribution in [0, 0.1) is 13.8 Å². The topological polar surface area (TPSA) is 53.6 Å². The molecule has 2 amide bonds. The van der Waals surface area contributed by atoms with E-state index in [4.69, 9.17) is 4.74 Å². The SMILES string of the molecule is Cc1cccc(OCNC(=O)NCCCN(C)C)c1C. The molecule has 0 aromatic heterocycles. The number of nitrogens with zero attached hydrogens (tertiary/aromatic N) is 1. The van der Waals surface area contributed by atoms with E-state index in [0.717, 1.165) is 24.3 Å². The van der Waals surface area contributed by atoms with Crippen LogP contribution in [0.1, 0.15) is 17.5 Å². The first-order valence-electron chi connectivity index (χ1n) is 6.86. The Morgan fingerprint density at radius 1 is 1.25 bits per heavy atom. The van der Waals surface area contributed by atoms with E-state index in [9.17, 15) is 4.79 Å². The van der Waals surface area contributed by atoms with E-state index in [0.29, 0.717) is 6.54 Å². The van der Waals surface area contributed by atoms with Crippen LogP contribution in [0.15, 0.2) is 18.2 Å². The van der Waals surface area contributed by atoms with Crippen LogP contribution in [-0.4, -0.2) is 44.8 Å². The number of hydrogen-bond acceptors (Lipinski definition) is 3. The number of rotatable bonds is 7. The number of carbonyl (C=O) groups excluding carboxylic acids is 1. The van der Waals surface area contributed by atoms with E-state index in [1.165, 1.54) is 5.56 Å². The summed E-state index contributed by atoms with van der Waals surface area (Å²) in [6.07, 6.45) is 0.929. The average molecular weight is 279 g/mol. The van der Waals surface area contributed by atoms with Crippen LogP contribution in [0.5, 0.6) is 5.75 Å². The minimum Gasteiger partial charge on any atom is -0.473 e. The van der Waals surface area contributed by atoms with E-state index < -0.39 is 0 Å². The third kappa shape index (κ3) is 5.93. The molecule has 0 aliphatic rings. The molecule has 0 unspecified atom stereocenters. The van der Waals surface area contributed by atoms with Gasteiger partial charge >= 0.3 is 6.03 Å². The monoisotopic (exact) mass is 279 g/mol. The Morgan fingerprint density at radius 3 is 2.70 bits per heavy atom. The summed E-state index contributed by atoms with van der Waals surface area (Å²) in [5.41, 5.74) is 2.27. The van der Waals surface area contributed by atoms with Crippen LogP contribution in [0.3, 0.4) is 0 Å². The van der Waals surface area contributed by atoms with Gasteiger partial charge in [0.2, 0.25) is 0 Å². The van der Waals surface area contributed by atoms with Gasteiger partial charge in [-0.3, -0.25) is 0 Å². The summed E-state index contributed by atoms with van der Waals surface area (Å²) in [5, 5.41) is 5.47. The maximum absolute atomic E-state index is 11.5. The minimum atomic E-state index is -0.200. The van der Waals surface area contributed by atoms with Gasteiger partial charge in [0, 0.05) is 6.54 Å². The largest absolute Gasteiger partial charge is 0.473 e. The van der Waals surface area contributed by atoms with Gasteiger partial charge in [-0.15, -0.1) is 0 Å². The van der Waals surface area contributed by atoms with Crippen LogP contribution >= 0.6 is 0 Å². The van der Waals surface area contributed by atoms with Crippen molar-refractivity contribution in [2.24, 2.45) is 0 Å². The summed E-state index contributed by atoms with van der Waals surface area (Å²) in [6.45, 7) is 5.83. The van der Waals surface area contributed by atoms with Gasteiger partial charge < -0.3 is 20.3 Å². The molecule has 5 nitrogen and oxygen atoms in total. The second kappa shape index (κ2) is 8.43. The van der Waals surface area contributed by atoms with Crippen molar-refractivity contribution in [3.8, 4) is 5.75 Å². The zero-order chi connectivity index (χ0) is 15.0. The number of carbonyl (C=O) groups is 1. The fourth-order valence-corrected chi connectivity index (χ4v) is 1.72. The highest BCUT2D eigenvalue weighted by Gasteiger charge is 2.03. The zero-order valence-corrected chi connectivity index (χ0v) is 12.8. The molecule has 1 aromatic rings. The average Bonchev–Trinajstić information content (AvgIpc) is 2.39. The van der Waals surface area contributed by atoms with Crippen molar-refractivity contribution in [1.29, 1.82) is 0 Å². The van der Waals surface area contributed by atoms with Gasteiger partial charge in [0.05, 0.1) is 0 Å². The molecule has 0 bridgehead atoms. The molecule has 0 saturated heterocycles. The predicted molar refractivity (Wildman–Crippen MR) is 81.1 cm³/mol. The molecule has 0 atom stereocenters. The molecule has 20 heavy (non-hydrogen) atoms. The van der Waals surface area contributed by atoms with Gasteiger partial charge in [-0.2, -0.15) is 0 Å². The van der Waals surface area contributed by atoms with Crippen molar-refractivity contribution >= 4 is 6.03 Å². The van der Waals surface area contributed by atoms with E-state index in [2.05, 4.69) is 15.5 Å². The Bertz CT molecular complexity index is 433. The van der Waals surface area contributed by atoms with Gasteiger partial charge in [0.1, 0.15) is 5.75 Å². The van der Waals surface area contributed by atoms with E-state index >= 15 is 0 Å². The first kappa shape index (κ1) is 16.3. The quantitative estimate of drug-likeness (QED) is 0.592. The predicted octanol–water partition coefficient (Wildman–Crippen LogP) is 1.89. The Balaban J connectivity index is 2.20. The molecular formula is C15H25N3O2. The number of aryl methyl sites for hydroxylation is 1. The Hall–Kier alpha value is -1.75.